The molecule has 0 aliphatic heterocycles. The summed E-state index contributed by atoms with van der Waals surface area (Å²) in [6.45, 7) is 0. The lowest BCUT2D eigenvalue weighted by Gasteiger charge is -2.13. The number of anilines is 1. The summed E-state index contributed by atoms with van der Waals surface area (Å²) in [6, 6.07) is 11.8. The lowest BCUT2D eigenvalue weighted by molar-refractivity contribution is -0.385. The summed E-state index contributed by atoms with van der Waals surface area (Å²) in [4.78, 5) is 22.5. The molecule has 2 aromatic rings. The fraction of sp³-hybridized carbons (Fsp3) is 0.0526. The van der Waals surface area contributed by atoms with Crippen molar-refractivity contribution in [2.45, 2.75) is 6.18 Å². The molecule has 0 fully saturated rings. The van der Waals surface area contributed by atoms with Crippen LogP contribution in [0.5, 0.6) is 0 Å². The Bertz CT molecular complexity index is 1010. The normalized spacial score (nSPS) is 11.9. The van der Waals surface area contributed by atoms with Crippen LogP contribution in [0.3, 0.4) is 0 Å². The number of alkyl halides is 3. The third kappa shape index (κ3) is 5.04. The van der Waals surface area contributed by atoms with Crippen molar-refractivity contribution in [3.05, 3.63) is 87.5 Å². The molecule has 0 saturated carbocycles. The smallest absolute Gasteiger partial charge is 0.321 e. The maximum Gasteiger partial charge on any atom is 0.418 e. The summed E-state index contributed by atoms with van der Waals surface area (Å²) in [5.74, 6) is -1.04. The van der Waals surface area contributed by atoms with Crippen molar-refractivity contribution in [2.75, 3.05) is 5.32 Å². The molecular weight excluding hydrogens is 375 g/mol. The summed E-state index contributed by atoms with van der Waals surface area (Å²) < 4.78 is 38.9. The van der Waals surface area contributed by atoms with Crippen molar-refractivity contribution >= 4 is 23.4 Å². The van der Waals surface area contributed by atoms with Crippen LogP contribution in [0.1, 0.15) is 11.1 Å². The molecule has 28 heavy (non-hydrogen) atoms. The van der Waals surface area contributed by atoms with Crippen LogP contribution < -0.4 is 5.32 Å². The molecule has 142 valence electrons. The van der Waals surface area contributed by atoms with Gasteiger partial charge in [-0.15, -0.1) is 0 Å². The van der Waals surface area contributed by atoms with E-state index in [0.29, 0.717) is 0 Å². The van der Waals surface area contributed by atoms with Crippen LogP contribution in [0, 0.1) is 21.4 Å². The second-order valence-corrected chi connectivity index (χ2v) is 5.36. The Labute approximate surface area is 157 Å². The lowest BCUT2D eigenvalue weighted by Crippen LogP contribution is -2.17. The zero-order chi connectivity index (χ0) is 20.7. The Kier molecular flexibility index (Phi) is 6.29. The number of benzene rings is 2. The van der Waals surface area contributed by atoms with E-state index in [2.05, 4.69) is 5.32 Å². The molecule has 0 bridgehead atoms. The first-order valence-corrected chi connectivity index (χ1v) is 7.73. The summed E-state index contributed by atoms with van der Waals surface area (Å²) in [6.07, 6.45) is -1.07. The molecular formula is C19H12F3N3O3. The van der Waals surface area contributed by atoms with E-state index >= 15 is 0 Å². The van der Waals surface area contributed by atoms with Crippen molar-refractivity contribution in [3.63, 3.8) is 0 Å². The highest BCUT2D eigenvalue weighted by Crippen LogP contribution is 2.34. The molecule has 0 heterocycles. The van der Waals surface area contributed by atoms with E-state index in [4.69, 9.17) is 5.26 Å². The molecule has 9 heteroatoms. The van der Waals surface area contributed by atoms with E-state index in [1.165, 1.54) is 42.5 Å². The minimum Gasteiger partial charge on any atom is -0.321 e. The van der Waals surface area contributed by atoms with E-state index in [-0.39, 0.29) is 11.3 Å². The van der Waals surface area contributed by atoms with E-state index in [1.54, 1.807) is 12.1 Å². The van der Waals surface area contributed by atoms with Crippen LogP contribution in [0.15, 0.2) is 66.3 Å². The van der Waals surface area contributed by atoms with E-state index < -0.39 is 33.8 Å². The zero-order valence-corrected chi connectivity index (χ0v) is 14.1. The Balaban J connectivity index is 2.24. The van der Waals surface area contributed by atoms with Gasteiger partial charge in [0.2, 0.25) is 0 Å². The Morgan fingerprint density at radius 2 is 1.79 bits per heavy atom. The number of nitriles is 1. The fourth-order valence-corrected chi connectivity index (χ4v) is 2.24. The highest BCUT2D eigenvalue weighted by atomic mass is 19.4. The number of nitrogens with zero attached hydrogens (tertiary/aromatic N) is 2. The molecule has 1 amide bonds. The third-order valence-corrected chi connectivity index (χ3v) is 3.52. The average molecular weight is 387 g/mol. The number of rotatable bonds is 5. The highest BCUT2D eigenvalue weighted by Gasteiger charge is 2.33. The molecule has 6 nitrogen and oxygen atoms in total. The summed E-state index contributed by atoms with van der Waals surface area (Å²) in [5.41, 5.74) is -1.93. The van der Waals surface area contributed by atoms with Crippen LogP contribution in [-0.2, 0) is 11.0 Å². The van der Waals surface area contributed by atoms with Gasteiger partial charge in [0.15, 0.2) is 0 Å². The van der Waals surface area contributed by atoms with Crippen LogP contribution in [0.4, 0.5) is 24.5 Å². The van der Waals surface area contributed by atoms with Gasteiger partial charge in [-0.3, -0.25) is 14.9 Å². The van der Waals surface area contributed by atoms with Gasteiger partial charge in [0.05, 0.1) is 21.7 Å². The zero-order valence-electron chi connectivity index (χ0n) is 14.1. The molecule has 0 aliphatic rings. The maximum atomic E-state index is 13.0. The van der Waals surface area contributed by atoms with Crippen LogP contribution in [-0.4, -0.2) is 10.8 Å². The predicted molar refractivity (Wildman–Crippen MR) is 95.9 cm³/mol. The Hall–Kier alpha value is -3.93. The molecule has 2 aromatic carbocycles. The number of nitro groups is 1. The largest absolute Gasteiger partial charge is 0.418 e. The second kappa shape index (κ2) is 8.64. The molecule has 0 aliphatic carbocycles. The summed E-state index contributed by atoms with van der Waals surface area (Å²) >= 11 is 0. The van der Waals surface area contributed by atoms with Gasteiger partial charge in [0.25, 0.3) is 11.6 Å². The van der Waals surface area contributed by atoms with Gasteiger partial charge in [0, 0.05) is 6.07 Å². The van der Waals surface area contributed by atoms with Gasteiger partial charge in [-0.1, -0.05) is 30.3 Å². The second-order valence-electron chi connectivity index (χ2n) is 5.36. The average Bonchev–Trinajstić information content (AvgIpc) is 2.65. The first-order chi connectivity index (χ1) is 13.2. The molecule has 1 N–H and O–H groups in total. The number of nitrogens with one attached hydrogen (secondary N) is 1. The lowest BCUT2D eigenvalue weighted by atomic mass is 10.1. The minimum atomic E-state index is -4.67. The topological polar surface area (TPSA) is 96.0 Å². The Morgan fingerprint density at radius 3 is 2.43 bits per heavy atom. The predicted octanol–water partition coefficient (Wildman–Crippen LogP) is 4.72. The fourth-order valence-electron chi connectivity index (χ4n) is 2.24. The first kappa shape index (κ1) is 20.4. The van der Waals surface area contributed by atoms with Gasteiger partial charge in [-0.2, -0.15) is 18.4 Å². The molecule has 0 atom stereocenters. The number of allylic oxidation sites excluding steroid dienone is 2. The number of carbonyl (C=O) groups is 1. The van der Waals surface area contributed by atoms with Gasteiger partial charge >= 0.3 is 6.18 Å². The van der Waals surface area contributed by atoms with Gasteiger partial charge in [0.1, 0.15) is 11.6 Å². The molecule has 0 aromatic heterocycles. The number of carbonyl (C=O) groups excluding carboxylic acids is 1. The van der Waals surface area contributed by atoms with Crippen molar-refractivity contribution < 1.29 is 22.9 Å². The minimum absolute atomic E-state index is 0.172. The van der Waals surface area contributed by atoms with E-state index in [9.17, 15) is 28.1 Å². The van der Waals surface area contributed by atoms with Crippen LogP contribution >= 0.6 is 0 Å². The van der Waals surface area contributed by atoms with E-state index in [1.807, 2.05) is 0 Å². The maximum absolute atomic E-state index is 13.0. The van der Waals surface area contributed by atoms with Crippen LogP contribution in [0.25, 0.3) is 6.08 Å². The van der Waals surface area contributed by atoms with Crippen molar-refractivity contribution in [3.8, 4) is 6.07 Å². The number of halogens is 3. The van der Waals surface area contributed by atoms with Gasteiger partial charge in [-0.05, 0) is 30.4 Å². The number of hydrogen-bond acceptors (Lipinski definition) is 4. The molecule has 2 rings (SSSR count). The molecule has 0 spiro atoms. The molecule has 0 saturated heterocycles. The van der Waals surface area contributed by atoms with Crippen LogP contribution in [0.2, 0.25) is 0 Å². The monoisotopic (exact) mass is 387 g/mol. The highest BCUT2D eigenvalue weighted by molar-refractivity contribution is 6.07. The number of amides is 1. The summed E-state index contributed by atoms with van der Waals surface area (Å²) in [5, 5.41) is 22.1. The molecule has 0 radical (unpaired) electrons. The standard InChI is InChI=1S/C19H12F3N3O3/c20-19(21,22)15-9-2-3-10-16(15)24-18(26)14(12-23)8-5-7-13-6-1-4-11-17(13)25(27)28/h1-11H,(H,24,26)/b7-5+,14-8+. The van der Waals surface area contributed by atoms with Crippen molar-refractivity contribution in [1.82, 2.24) is 0 Å². The van der Waals surface area contributed by atoms with Gasteiger partial charge < -0.3 is 5.32 Å². The SMILES string of the molecule is N#C/C(=C\C=C\c1ccccc1[N+](=O)[O-])C(=O)Nc1ccccc1C(F)(F)F. The van der Waals surface area contributed by atoms with Gasteiger partial charge in [-0.25, -0.2) is 0 Å². The summed E-state index contributed by atoms with van der Waals surface area (Å²) in [7, 11) is 0. The quantitative estimate of drug-likeness (QED) is 0.264. The Morgan fingerprint density at radius 1 is 1.14 bits per heavy atom. The van der Waals surface area contributed by atoms with E-state index in [0.717, 1.165) is 18.2 Å². The number of nitro benzene ring substituents is 1. The number of para-hydroxylation sites is 2. The number of hydrogen-bond donors (Lipinski definition) is 1. The third-order valence-electron chi connectivity index (χ3n) is 3.52. The van der Waals surface area contributed by atoms with Crippen molar-refractivity contribution in [2.24, 2.45) is 0 Å². The molecule has 0 unspecified atom stereocenters. The van der Waals surface area contributed by atoms with Crippen molar-refractivity contribution in [1.29, 1.82) is 5.26 Å². The first-order valence-electron chi connectivity index (χ1n) is 7.73.